The van der Waals surface area contributed by atoms with Crippen molar-refractivity contribution in [1.82, 2.24) is 19.7 Å². The van der Waals surface area contributed by atoms with E-state index in [1.54, 1.807) is 30.1 Å². The molecule has 0 aliphatic carbocycles. The zero-order valence-electron chi connectivity index (χ0n) is 15.1. The number of hydrogen-bond donors (Lipinski definition) is 2. The summed E-state index contributed by atoms with van der Waals surface area (Å²) in [6, 6.07) is 14.8. The molecule has 0 unspecified atom stereocenters. The fourth-order valence-corrected chi connectivity index (χ4v) is 3.77. The Kier molecular flexibility index (Phi) is 3.61. The topological polar surface area (TPSA) is 92.9 Å². The Hall–Kier alpha value is -3.74. The van der Waals surface area contributed by atoms with Gasteiger partial charge in [-0.25, -0.2) is 4.98 Å². The van der Waals surface area contributed by atoms with E-state index in [1.807, 2.05) is 36.4 Å². The van der Waals surface area contributed by atoms with E-state index in [4.69, 9.17) is 0 Å². The summed E-state index contributed by atoms with van der Waals surface area (Å²) in [7, 11) is 1.80. The van der Waals surface area contributed by atoms with Gasteiger partial charge in [-0.1, -0.05) is 24.3 Å². The summed E-state index contributed by atoms with van der Waals surface area (Å²) < 4.78 is 1.67. The molecule has 0 fully saturated rings. The first-order valence-electron chi connectivity index (χ1n) is 8.98. The third kappa shape index (κ3) is 2.51. The van der Waals surface area contributed by atoms with Gasteiger partial charge in [0.2, 0.25) is 5.91 Å². The van der Waals surface area contributed by atoms with Crippen molar-refractivity contribution in [2.24, 2.45) is 7.05 Å². The third-order valence-electron chi connectivity index (χ3n) is 5.06. The first-order chi connectivity index (χ1) is 13.6. The molecule has 0 saturated heterocycles. The van der Waals surface area contributed by atoms with Crippen LogP contribution in [0, 0.1) is 0 Å². The summed E-state index contributed by atoms with van der Waals surface area (Å²) in [6.07, 6.45) is 1.98. The van der Waals surface area contributed by atoms with E-state index in [9.17, 15) is 9.90 Å². The minimum Gasteiger partial charge on any atom is -0.506 e. The lowest BCUT2D eigenvalue weighted by Crippen LogP contribution is -2.25. The fraction of sp³-hybridized carbons (Fsp3) is 0.143. The Morgan fingerprint density at radius 3 is 2.86 bits per heavy atom. The maximum Gasteiger partial charge on any atom is 0.226 e. The summed E-state index contributed by atoms with van der Waals surface area (Å²) in [4.78, 5) is 21.5. The SMILES string of the molecule is Cn1nc(-c2ccccn2)c2c1NC(=O)C[C@@H]2c1ccc2cccc(O)c2n1. The Balaban J connectivity index is 1.73. The molecule has 0 spiro atoms. The van der Waals surface area contributed by atoms with E-state index in [2.05, 4.69) is 20.4 Å². The molecule has 1 aromatic carbocycles. The van der Waals surface area contributed by atoms with Crippen LogP contribution in [0.3, 0.4) is 0 Å². The number of phenols is 1. The highest BCUT2D eigenvalue weighted by Gasteiger charge is 2.34. The zero-order valence-corrected chi connectivity index (χ0v) is 15.1. The van der Waals surface area contributed by atoms with E-state index in [0.717, 1.165) is 28.0 Å². The Labute approximate surface area is 160 Å². The van der Waals surface area contributed by atoms with Crippen molar-refractivity contribution in [1.29, 1.82) is 0 Å². The minimum atomic E-state index is -0.279. The number of anilines is 1. The Morgan fingerprint density at radius 1 is 1.14 bits per heavy atom. The standard InChI is InChI=1S/C21H17N5O2/c1-26-21-18(20(25-26)15-6-2-3-10-22-15)13(11-17(28)24-21)14-9-8-12-5-4-7-16(27)19(12)23-14/h2-10,13,27H,11H2,1H3,(H,24,28)/t13-/m1/s1. The average Bonchev–Trinajstić information content (AvgIpc) is 3.05. The monoisotopic (exact) mass is 371 g/mol. The van der Waals surface area contributed by atoms with E-state index >= 15 is 0 Å². The predicted molar refractivity (Wildman–Crippen MR) is 105 cm³/mol. The molecule has 1 atom stereocenters. The van der Waals surface area contributed by atoms with Crippen LogP contribution in [0.2, 0.25) is 0 Å². The van der Waals surface area contributed by atoms with Gasteiger partial charge in [-0.15, -0.1) is 0 Å². The number of hydrogen-bond acceptors (Lipinski definition) is 5. The van der Waals surface area contributed by atoms with E-state index in [1.165, 1.54) is 0 Å². The van der Waals surface area contributed by atoms with E-state index in [-0.39, 0.29) is 24.0 Å². The van der Waals surface area contributed by atoms with Crippen LogP contribution < -0.4 is 5.32 Å². The molecule has 1 aliphatic heterocycles. The van der Waals surface area contributed by atoms with Crippen molar-refractivity contribution in [3.8, 4) is 17.1 Å². The summed E-state index contributed by atoms with van der Waals surface area (Å²) in [5, 5.41) is 18.6. The number of rotatable bonds is 2. The molecule has 4 aromatic rings. The van der Waals surface area contributed by atoms with Crippen molar-refractivity contribution in [2.45, 2.75) is 12.3 Å². The largest absolute Gasteiger partial charge is 0.506 e. The number of aromatic hydroxyl groups is 1. The average molecular weight is 371 g/mol. The molecule has 138 valence electrons. The quantitative estimate of drug-likeness (QED) is 0.564. The second kappa shape index (κ2) is 6.16. The summed E-state index contributed by atoms with van der Waals surface area (Å²) in [5.74, 6) is 0.405. The van der Waals surface area contributed by atoms with Crippen LogP contribution in [0.15, 0.2) is 54.7 Å². The van der Waals surface area contributed by atoms with Gasteiger partial charge >= 0.3 is 0 Å². The Morgan fingerprint density at radius 2 is 2.04 bits per heavy atom. The number of pyridine rings is 2. The lowest BCUT2D eigenvalue weighted by Gasteiger charge is -2.23. The van der Waals surface area contributed by atoms with Crippen LogP contribution in [0.5, 0.6) is 5.75 Å². The molecular weight excluding hydrogens is 354 g/mol. The molecule has 4 heterocycles. The number of carbonyl (C=O) groups is 1. The van der Waals surface area contributed by atoms with Gasteiger partial charge in [-0.05, 0) is 24.3 Å². The summed E-state index contributed by atoms with van der Waals surface area (Å²) >= 11 is 0. The number of aryl methyl sites for hydroxylation is 1. The molecule has 0 bridgehead atoms. The van der Waals surface area contributed by atoms with Crippen molar-refractivity contribution in [3.05, 3.63) is 66.0 Å². The number of nitrogens with one attached hydrogen (secondary N) is 1. The molecule has 0 radical (unpaired) electrons. The van der Waals surface area contributed by atoms with E-state index < -0.39 is 0 Å². The van der Waals surface area contributed by atoms with Gasteiger partial charge in [0.05, 0.1) is 5.69 Å². The normalized spacial score (nSPS) is 16.0. The zero-order chi connectivity index (χ0) is 19.3. The fourth-order valence-electron chi connectivity index (χ4n) is 3.77. The van der Waals surface area contributed by atoms with Crippen molar-refractivity contribution in [3.63, 3.8) is 0 Å². The van der Waals surface area contributed by atoms with Crippen LogP contribution >= 0.6 is 0 Å². The number of nitrogens with zero attached hydrogens (tertiary/aromatic N) is 4. The van der Waals surface area contributed by atoms with Crippen LogP contribution in [0.25, 0.3) is 22.3 Å². The third-order valence-corrected chi connectivity index (χ3v) is 5.06. The number of carbonyl (C=O) groups excluding carboxylic acids is 1. The lowest BCUT2D eigenvalue weighted by atomic mass is 9.87. The van der Waals surface area contributed by atoms with Crippen molar-refractivity contribution < 1.29 is 9.90 Å². The van der Waals surface area contributed by atoms with Gasteiger partial charge in [0.15, 0.2) is 0 Å². The molecule has 1 aliphatic rings. The number of para-hydroxylation sites is 1. The molecule has 28 heavy (non-hydrogen) atoms. The number of phenolic OH excluding ortho intramolecular Hbond substituents is 1. The molecular formula is C21H17N5O2. The van der Waals surface area contributed by atoms with Gasteiger partial charge in [-0.2, -0.15) is 5.10 Å². The number of fused-ring (bicyclic) bond motifs is 2. The van der Waals surface area contributed by atoms with Crippen LogP contribution in [0.4, 0.5) is 5.82 Å². The van der Waals surface area contributed by atoms with Gasteiger partial charge < -0.3 is 10.4 Å². The van der Waals surface area contributed by atoms with Gasteiger partial charge in [0.25, 0.3) is 0 Å². The van der Waals surface area contributed by atoms with Gasteiger partial charge in [0.1, 0.15) is 22.8 Å². The number of amides is 1. The Bertz CT molecular complexity index is 1220. The van der Waals surface area contributed by atoms with E-state index in [0.29, 0.717) is 11.3 Å². The minimum absolute atomic E-state index is 0.0905. The lowest BCUT2D eigenvalue weighted by molar-refractivity contribution is -0.116. The van der Waals surface area contributed by atoms with Crippen molar-refractivity contribution in [2.75, 3.05) is 5.32 Å². The molecule has 3 aromatic heterocycles. The highest BCUT2D eigenvalue weighted by molar-refractivity contribution is 5.96. The van der Waals surface area contributed by atoms with Crippen LogP contribution in [0.1, 0.15) is 23.6 Å². The van der Waals surface area contributed by atoms with Gasteiger partial charge in [-0.3, -0.25) is 14.5 Å². The molecule has 7 nitrogen and oxygen atoms in total. The predicted octanol–water partition coefficient (Wildman–Crippen LogP) is 3.21. The molecule has 1 amide bonds. The van der Waals surface area contributed by atoms with Gasteiger partial charge in [0, 0.05) is 42.2 Å². The summed E-state index contributed by atoms with van der Waals surface area (Å²) in [5.41, 5.74) is 3.60. The molecule has 5 rings (SSSR count). The molecule has 7 heteroatoms. The maximum atomic E-state index is 12.4. The maximum absolute atomic E-state index is 12.4. The second-order valence-electron chi connectivity index (χ2n) is 6.84. The van der Waals surface area contributed by atoms with Crippen LogP contribution in [-0.4, -0.2) is 30.8 Å². The first-order valence-corrected chi connectivity index (χ1v) is 8.98. The van der Waals surface area contributed by atoms with Crippen molar-refractivity contribution >= 4 is 22.6 Å². The van der Waals surface area contributed by atoms with Crippen LogP contribution in [-0.2, 0) is 11.8 Å². The molecule has 0 saturated carbocycles. The highest BCUT2D eigenvalue weighted by atomic mass is 16.3. The molecule has 2 N–H and O–H groups in total. The summed E-state index contributed by atoms with van der Waals surface area (Å²) in [6.45, 7) is 0. The second-order valence-corrected chi connectivity index (χ2v) is 6.84. The smallest absolute Gasteiger partial charge is 0.226 e. The highest BCUT2D eigenvalue weighted by Crippen LogP contribution is 2.42. The number of aromatic nitrogens is 4. The first kappa shape index (κ1) is 16.4. The number of benzene rings is 1.